The molecule has 0 unspecified atom stereocenters. The van der Waals surface area contributed by atoms with Gasteiger partial charge in [-0.15, -0.1) is 0 Å². The molecule has 2 nitrogen and oxygen atoms in total. The van der Waals surface area contributed by atoms with Gasteiger partial charge in [-0.05, 0) is 94.5 Å². The van der Waals surface area contributed by atoms with E-state index in [-0.39, 0.29) is 10.8 Å². The maximum absolute atomic E-state index is 11.1. The van der Waals surface area contributed by atoms with E-state index in [0.29, 0.717) is 12.4 Å². The topological polar surface area (TPSA) is 29.5 Å². The van der Waals surface area contributed by atoms with Crippen molar-refractivity contribution in [2.75, 3.05) is 7.11 Å². The molecule has 0 atom stereocenters. The van der Waals surface area contributed by atoms with Crippen LogP contribution < -0.4 is 0 Å². The van der Waals surface area contributed by atoms with Gasteiger partial charge in [0, 0.05) is 7.11 Å². The lowest BCUT2D eigenvalue weighted by Gasteiger charge is -2.29. The molecule has 0 heterocycles. The van der Waals surface area contributed by atoms with Crippen molar-refractivity contribution in [1.82, 2.24) is 0 Å². The SMILES string of the molecule is CCc1c(C)c(COC)c(C)c(Cc2cc(C(C)(C)C)c(O)c(C(C)(C)C)c2)c1C. The molecule has 0 saturated heterocycles. The lowest BCUT2D eigenvalue weighted by atomic mass is 9.77. The molecule has 0 bridgehead atoms. The minimum Gasteiger partial charge on any atom is -0.507 e. The van der Waals surface area contributed by atoms with Crippen LogP contribution in [0.2, 0.25) is 0 Å². The van der Waals surface area contributed by atoms with E-state index >= 15 is 0 Å². The highest BCUT2D eigenvalue weighted by Crippen LogP contribution is 2.41. The molecule has 0 fully saturated rings. The summed E-state index contributed by atoms with van der Waals surface area (Å²) in [4.78, 5) is 0. The van der Waals surface area contributed by atoms with Crippen LogP contribution in [0.15, 0.2) is 12.1 Å². The van der Waals surface area contributed by atoms with E-state index in [1.54, 1.807) is 7.11 Å². The Balaban J connectivity index is 2.75. The first-order chi connectivity index (χ1) is 13.7. The van der Waals surface area contributed by atoms with Crippen LogP contribution in [0.4, 0.5) is 0 Å². The van der Waals surface area contributed by atoms with E-state index in [1.807, 2.05) is 0 Å². The third-order valence-electron chi connectivity index (χ3n) is 6.52. The summed E-state index contributed by atoms with van der Waals surface area (Å²) in [6.45, 7) is 22.7. The first kappa shape index (κ1) is 24.5. The van der Waals surface area contributed by atoms with E-state index in [4.69, 9.17) is 4.74 Å². The molecule has 0 aliphatic rings. The van der Waals surface area contributed by atoms with Crippen LogP contribution in [0.25, 0.3) is 0 Å². The molecule has 0 aliphatic carbocycles. The average Bonchev–Trinajstić information content (AvgIpc) is 2.62. The Bertz CT molecular complexity index is 886. The number of rotatable bonds is 5. The highest BCUT2D eigenvalue weighted by Gasteiger charge is 2.27. The lowest BCUT2D eigenvalue weighted by molar-refractivity contribution is 0.183. The molecule has 2 aromatic rings. The van der Waals surface area contributed by atoms with Gasteiger partial charge in [-0.1, -0.05) is 60.6 Å². The van der Waals surface area contributed by atoms with E-state index < -0.39 is 0 Å². The quantitative estimate of drug-likeness (QED) is 0.564. The molecule has 0 amide bonds. The van der Waals surface area contributed by atoms with Crippen LogP contribution in [0, 0.1) is 20.8 Å². The van der Waals surface area contributed by atoms with E-state index in [9.17, 15) is 5.11 Å². The van der Waals surface area contributed by atoms with Gasteiger partial charge in [-0.25, -0.2) is 0 Å². The smallest absolute Gasteiger partial charge is 0.123 e. The second-order valence-corrected chi connectivity index (χ2v) is 10.8. The van der Waals surface area contributed by atoms with Gasteiger partial charge in [-0.3, -0.25) is 0 Å². The number of ether oxygens (including phenoxy) is 1. The van der Waals surface area contributed by atoms with Gasteiger partial charge in [0.1, 0.15) is 5.75 Å². The summed E-state index contributed by atoms with van der Waals surface area (Å²) < 4.78 is 5.54. The molecule has 0 spiro atoms. The molecule has 0 saturated carbocycles. The molecule has 0 aromatic heterocycles. The maximum Gasteiger partial charge on any atom is 0.123 e. The van der Waals surface area contributed by atoms with Crippen molar-refractivity contribution in [3.8, 4) is 5.75 Å². The molecule has 0 aliphatic heterocycles. The van der Waals surface area contributed by atoms with Crippen LogP contribution in [0.1, 0.15) is 98.5 Å². The number of phenols is 1. The van der Waals surface area contributed by atoms with Crippen molar-refractivity contribution in [1.29, 1.82) is 0 Å². The molecule has 2 aromatic carbocycles. The number of benzene rings is 2. The molecular weight excluding hydrogens is 368 g/mol. The van der Waals surface area contributed by atoms with Crippen molar-refractivity contribution in [2.45, 2.75) is 99.5 Å². The second-order valence-electron chi connectivity index (χ2n) is 10.8. The molecule has 166 valence electrons. The fraction of sp³-hybridized carbons (Fsp3) is 0.571. The minimum absolute atomic E-state index is 0.118. The summed E-state index contributed by atoms with van der Waals surface area (Å²) in [6.07, 6.45) is 1.89. The van der Waals surface area contributed by atoms with Crippen LogP contribution >= 0.6 is 0 Å². The van der Waals surface area contributed by atoms with E-state index in [2.05, 4.69) is 81.4 Å². The van der Waals surface area contributed by atoms with E-state index in [0.717, 1.165) is 24.0 Å². The van der Waals surface area contributed by atoms with Crippen molar-refractivity contribution >= 4 is 0 Å². The van der Waals surface area contributed by atoms with E-state index in [1.165, 1.54) is 38.9 Å². The third-order valence-corrected chi connectivity index (χ3v) is 6.52. The van der Waals surface area contributed by atoms with Gasteiger partial charge in [0.05, 0.1) is 6.61 Å². The highest BCUT2D eigenvalue weighted by atomic mass is 16.5. The normalized spacial score (nSPS) is 12.5. The van der Waals surface area contributed by atoms with Crippen LogP contribution in [-0.4, -0.2) is 12.2 Å². The summed E-state index contributed by atoms with van der Waals surface area (Å²) in [5.41, 5.74) is 11.4. The summed E-state index contributed by atoms with van der Waals surface area (Å²) in [7, 11) is 1.77. The Hall–Kier alpha value is -1.80. The van der Waals surface area contributed by atoms with Gasteiger partial charge in [-0.2, -0.15) is 0 Å². The van der Waals surface area contributed by atoms with Gasteiger partial charge in [0.15, 0.2) is 0 Å². The minimum atomic E-state index is -0.118. The Labute approximate surface area is 184 Å². The zero-order valence-electron chi connectivity index (χ0n) is 21.1. The summed E-state index contributed by atoms with van der Waals surface area (Å²) >= 11 is 0. The number of hydrogen-bond acceptors (Lipinski definition) is 2. The zero-order valence-corrected chi connectivity index (χ0v) is 21.1. The standard InChI is InChI=1S/C28H42O2/c1-12-21-17(2)22(19(4)23(16-30-11)18(21)3)13-20-14-24(27(5,6)7)26(29)25(15-20)28(8,9)10/h14-15,29H,12-13,16H2,1-11H3. The Morgan fingerprint density at radius 3 is 1.60 bits per heavy atom. The fourth-order valence-corrected chi connectivity index (χ4v) is 4.69. The highest BCUT2D eigenvalue weighted by molar-refractivity contribution is 5.55. The monoisotopic (exact) mass is 410 g/mol. The van der Waals surface area contributed by atoms with Gasteiger partial charge < -0.3 is 9.84 Å². The van der Waals surface area contributed by atoms with Crippen molar-refractivity contribution in [3.63, 3.8) is 0 Å². The van der Waals surface area contributed by atoms with Crippen molar-refractivity contribution in [2.24, 2.45) is 0 Å². The van der Waals surface area contributed by atoms with Gasteiger partial charge in [0.25, 0.3) is 0 Å². The Morgan fingerprint density at radius 2 is 1.20 bits per heavy atom. The summed E-state index contributed by atoms with van der Waals surface area (Å²) in [6, 6.07) is 4.43. The Kier molecular flexibility index (Phi) is 7.13. The van der Waals surface area contributed by atoms with Crippen molar-refractivity contribution < 1.29 is 9.84 Å². The molecule has 1 N–H and O–H groups in total. The van der Waals surface area contributed by atoms with Crippen LogP contribution in [0.5, 0.6) is 5.75 Å². The molecular formula is C28H42O2. The van der Waals surface area contributed by atoms with Crippen LogP contribution in [-0.2, 0) is 35.0 Å². The predicted octanol–water partition coefficient (Wildman–Crippen LogP) is 7.21. The first-order valence-corrected chi connectivity index (χ1v) is 11.2. The maximum atomic E-state index is 11.1. The number of aromatic hydroxyl groups is 1. The number of phenolic OH excluding ortho intramolecular Hbond substituents is 1. The van der Waals surface area contributed by atoms with Crippen molar-refractivity contribution in [3.05, 3.63) is 62.2 Å². The fourth-order valence-electron chi connectivity index (χ4n) is 4.69. The molecule has 0 radical (unpaired) electrons. The van der Waals surface area contributed by atoms with Gasteiger partial charge >= 0.3 is 0 Å². The lowest BCUT2D eigenvalue weighted by Crippen LogP contribution is -2.18. The molecule has 2 heteroatoms. The summed E-state index contributed by atoms with van der Waals surface area (Å²) in [5.74, 6) is 0.449. The second kappa shape index (κ2) is 8.75. The zero-order chi connectivity index (χ0) is 23.0. The number of hydrogen-bond donors (Lipinski definition) is 1. The number of methoxy groups -OCH3 is 1. The first-order valence-electron chi connectivity index (χ1n) is 11.2. The van der Waals surface area contributed by atoms with Gasteiger partial charge in [0.2, 0.25) is 0 Å². The van der Waals surface area contributed by atoms with Crippen LogP contribution in [0.3, 0.4) is 0 Å². The third kappa shape index (κ3) is 4.75. The molecule has 30 heavy (non-hydrogen) atoms. The average molecular weight is 411 g/mol. The Morgan fingerprint density at radius 1 is 0.767 bits per heavy atom. The predicted molar refractivity (Wildman–Crippen MR) is 129 cm³/mol. The largest absolute Gasteiger partial charge is 0.507 e. The molecule has 2 rings (SSSR count). The summed E-state index contributed by atoms with van der Waals surface area (Å²) in [5, 5.41) is 11.1.